The molecule has 0 aliphatic rings. The van der Waals surface area contributed by atoms with Gasteiger partial charge < -0.3 is 14.9 Å². The lowest BCUT2D eigenvalue weighted by molar-refractivity contribution is 0.720. The molecule has 0 unspecified atom stereocenters. The van der Waals surface area contributed by atoms with Crippen molar-refractivity contribution >= 4 is 0 Å². The van der Waals surface area contributed by atoms with Crippen LogP contribution in [0.2, 0.25) is 0 Å². The second kappa shape index (κ2) is 4.31. The van der Waals surface area contributed by atoms with E-state index in [4.69, 9.17) is 0 Å². The summed E-state index contributed by atoms with van der Waals surface area (Å²) in [5.41, 5.74) is 2.24. The minimum Gasteiger partial charge on any atom is -0.360 e. The summed E-state index contributed by atoms with van der Waals surface area (Å²) in [6.45, 7) is 0.953. The fourth-order valence-corrected chi connectivity index (χ4v) is 1.66. The Balaban J connectivity index is 2.24. The lowest BCUT2D eigenvalue weighted by Gasteiger charge is -2.04. The van der Waals surface area contributed by atoms with Crippen LogP contribution >= 0.6 is 0 Å². The molecule has 0 atom stereocenters. The van der Waals surface area contributed by atoms with Crippen molar-refractivity contribution in [3.63, 3.8) is 0 Å². The summed E-state index contributed by atoms with van der Waals surface area (Å²) in [4.78, 5) is 7.60. The fourth-order valence-electron chi connectivity index (χ4n) is 1.66. The highest BCUT2D eigenvalue weighted by atomic mass is 15.1. The van der Waals surface area contributed by atoms with Gasteiger partial charge in [0.1, 0.15) is 5.82 Å². The molecule has 0 radical (unpaired) electrons. The van der Waals surface area contributed by atoms with Crippen LogP contribution in [-0.4, -0.2) is 28.1 Å². The second-order valence-electron chi connectivity index (χ2n) is 3.56. The zero-order valence-corrected chi connectivity index (χ0v) is 9.12. The topological polar surface area (TPSA) is 45.6 Å². The molecule has 0 bridgehead atoms. The van der Waals surface area contributed by atoms with Crippen LogP contribution in [0, 0.1) is 0 Å². The Morgan fingerprint density at radius 3 is 3.07 bits per heavy atom. The molecule has 2 N–H and O–H groups in total. The SMILES string of the molecule is CNCCc1ncc(-c2ccc[nH]2)n1C. The fraction of sp³-hybridized carbons (Fsp3) is 0.364. The molecule has 0 saturated heterocycles. The van der Waals surface area contributed by atoms with E-state index < -0.39 is 0 Å². The Labute approximate surface area is 89.3 Å². The zero-order chi connectivity index (χ0) is 10.7. The molecule has 0 fully saturated rings. The maximum absolute atomic E-state index is 4.41. The van der Waals surface area contributed by atoms with Crippen LogP contribution in [0.4, 0.5) is 0 Å². The average molecular weight is 204 g/mol. The first kappa shape index (κ1) is 9.98. The summed E-state index contributed by atoms with van der Waals surface area (Å²) in [7, 11) is 4.00. The summed E-state index contributed by atoms with van der Waals surface area (Å²) in [5.74, 6) is 1.11. The highest BCUT2D eigenvalue weighted by Gasteiger charge is 2.07. The summed E-state index contributed by atoms with van der Waals surface area (Å²) < 4.78 is 2.13. The predicted octanol–water partition coefficient (Wildman–Crippen LogP) is 1.18. The van der Waals surface area contributed by atoms with Crippen LogP contribution in [0.5, 0.6) is 0 Å². The summed E-state index contributed by atoms with van der Waals surface area (Å²) in [5, 5.41) is 3.13. The monoisotopic (exact) mass is 204 g/mol. The Hall–Kier alpha value is -1.55. The van der Waals surface area contributed by atoms with Gasteiger partial charge in [-0.15, -0.1) is 0 Å². The Bertz CT molecular complexity index is 414. The van der Waals surface area contributed by atoms with E-state index in [2.05, 4.69) is 25.9 Å². The molecule has 0 amide bonds. The number of aromatic nitrogens is 3. The summed E-state index contributed by atoms with van der Waals surface area (Å²) in [6, 6.07) is 4.05. The highest BCUT2D eigenvalue weighted by Crippen LogP contribution is 2.17. The van der Waals surface area contributed by atoms with Crippen molar-refractivity contribution in [2.75, 3.05) is 13.6 Å². The summed E-state index contributed by atoms with van der Waals surface area (Å²) in [6.07, 6.45) is 4.79. The van der Waals surface area contributed by atoms with Crippen LogP contribution in [-0.2, 0) is 13.5 Å². The molecule has 2 aromatic heterocycles. The van der Waals surface area contributed by atoms with Crippen molar-refractivity contribution in [1.82, 2.24) is 19.9 Å². The van der Waals surface area contributed by atoms with Crippen LogP contribution in [0.15, 0.2) is 24.5 Å². The lowest BCUT2D eigenvalue weighted by Crippen LogP contribution is -2.13. The van der Waals surface area contributed by atoms with Gasteiger partial charge in [-0.05, 0) is 19.2 Å². The van der Waals surface area contributed by atoms with Gasteiger partial charge in [0, 0.05) is 26.2 Å². The Morgan fingerprint density at radius 2 is 2.40 bits per heavy atom. The van der Waals surface area contributed by atoms with Crippen molar-refractivity contribution in [3.05, 3.63) is 30.4 Å². The highest BCUT2D eigenvalue weighted by molar-refractivity contribution is 5.54. The minimum absolute atomic E-state index is 0.952. The molecule has 0 aliphatic heterocycles. The van der Waals surface area contributed by atoms with Gasteiger partial charge >= 0.3 is 0 Å². The van der Waals surface area contributed by atoms with Crippen molar-refractivity contribution in [2.24, 2.45) is 7.05 Å². The van der Waals surface area contributed by atoms with Crippen LogP contribution in [0.3, 0.4) is 0 Å². The standard InChI is InChI=1S/C11H16N4/c1-12-7-5-11-14-8-10(15(11)2)9-4-3-6-13-9/h3-4,6,8,12-13H,5,7H2,1-2H3. The number of imidazole rings is 1. The van der Waals surface area contributed by atoms with E-state index in [9.17, 15) is 0 Å². The smallest absolute Gasteiger partial charge is 0.110 e. The number of aromatic amines is 1. The quantitative estimate of drug-likeness (QED) is 0.785. The van der Waals surface area contributed by atoms with Gasteiger partial charge in [0.25, 0.3) is 0 Å². The number of nitrogens with zero attached hydrogens (tertiary/aromatic N) is 2. The van der Waals surface area contributed by atoms with E-state index in [1.54, 1.807) is 0 Å². The molecule has 15 heavy (non-hydrogen) atoms. The number of nitrogens with one attached hydrogen (secondary N) is 2. The first-order chi connectivity index (χ1) is 7.33. The van der Waals surface area contributed by atoms with Gasteiger partial charge in [-0.2, -0.15) is 0 Å². The third-order valence-electron chi connectivity index (χ3n) is 2.56. The van der Waals surface area contributed by atoms with Crippen molar-refractivity contribution in [2.45, 2.75) is 6.42 Å². The van der Waals surface area contributed by atoms with Crippen molar-refractivity contribution in [1.29, 1.82) is 0 Å². The molecule has 80 valence electrons. The zero-order valence-electron chi connectivity index (χ0n) is 9.12. The molecule has 2 heterocycles. The predicted molar refractivity (Wildman–Crippen MR) is 60.6 cm³/mol. The first-order valence-electron chi connectivity index (χ1n) is 5.12. The molecule has 0 aliphatic carbocycles. The van der Waals surface area contributed by atoms with E-state index in [-0.39, 0.29) is 0 Å². The molecule has 2 rings (SSSR count). The lowest BCUT2D eigenvalue weighted by atomic mass is 10.3. The molecule has 0 spiro atoms. The van der Waals surface area contributed by atoms with Crippen molar-refractivity contribution < 1.29 is 0 Å². The minimum atomic E-state index is 0.952. The van der Waals surface area contributed by atoms with Crippen LogP contribution in [0.1, 0.15) is 5.82 Å². The number of likely N-dealkylation sites (N-methyl/N-ethyl adjacent to an activating group) is 1. The largest absolute Gasteiger partial charge is 0.360 e. The van der Waals surface area contributed by atoms with E-state index in [0.717, 1.165) is 30.2 Å². The molecular formula is C11H16N4. The van der Waals surface area contributed by atoms with Gasteiger partial charge in [0.2, 0.25) is 0 Å². The van der Waals surface area contributed by atoms with Gasteiger partial charge in [0.05, 0.1) is 17.6 Å². The Kier molecular flexibility index (Phi) is 2.87. The third kappa shape index (κ3) is 1.94. The van der Waals surface area contributed by atoms with E-state index in [1.165, 1.54) is 0 Å². The normalized spacial score (nSPS) is 10.8. The third-order valence-corrected chi connectivity index (χ3v) is 2.56. The molecule has 4 nitrogen and oxygen atoms in total. The molecular weight excluding hydrogens is 188 g/mol. The van der Waals surface area contributed by atoms with Gasteiger partial charge in [-0.3, -0.25) is 0 Å². The van der Waals surface area contributed by atoms with Gasteiger partial charge in [-0.25, -0.2) is 4.98 Å². The second-order valence-corrected chi connectivity index (χ2v) is 3.56. The molecule has 2 aromatic rings. The first-order valence-corrected chi connectivity index (χ1v) is 5.12. The number of hydrogen-bond acceptors (Lipinski definition) is 2. The average Bonchev–Trinajstić information content (AvgIpc) is 2.84. The van der Waals surface area contributed by atoms with E-state index in [0.29, 0.717) is 0 Å². The van der Waals surface area contributed by atoms with E-state index >= 15 is 0 Å². The number of hydrogen-bond donors (Lipinski definition) is 2. The van der Waals surface area contributed by atoms with E-state index in [1.807, 2.05) is 32.6 Å². The van der Waals surface area contributed by atoms with Crippen molar-refractivity contribution in [3.8, 4) is 11.4 Å². The summed E-state index contributed by atoms with van der Waals surface area (Å²) >= 11 is 0. The molecule has 4 heteroatoms. The maximum Gasteiger partial charge on any atom is 0.110 e. The van der Waals surface area contributed by atoms with Gasteiger partial charge in [0.15, 0.2) is 0 Å². The van der Waals surface area contributed by atoms with Gasteiger partial charge in [-0.1, -0.05) is 0 Å². The Morgan fingerprint density at radius 1 is 1.53 bits per heavy atom. The van der Waals surface area contributed by atoms with Crippen LogP contribution in [0.25, 0.3) is 11.4 Å². The number of rotatable bonds is 4. The number of H-pyrrole nitrogens is 1. The van der Waals surface area contributed by atoms with Crippen LogP contribution < -0.4 is 5.32 Å². The molecule has 0 saturated carbocycles. The maximum atomic E-state index is 4.41. The molecule has 0 aromatic carbocycles.